The number of urea groups is 1. The molecule has 0 bridgehead atoms. The van der Waals surface area contributed by atoms with Crippen LogP contribution in [0.4, 0.5) is 10.5 Å². The summed E-state index contributed by atoms with van der Waals surface area (Å²) < 4.78 is 5.49. The van der Waals surface area contributed by atoms with Crippen molar-refractivity contribution in [2.24, 2.45) is 11.7 Å². The number of fused-ring (bicyclic) bond motifs is 1. The van der Waals surface area contributed by atoms with Crippen LogP contribution in [0.15, 0.2) is 16.5 Å². The van der Waals surface area contributed by atoms with E-state index >= 15 is 0 Å². The maximum absolute atomic E-state index is 13.0. The summed E-state index contributed by atoms with van der Waals surface area (Å²) in [6.07, 6.45) is 4.79. The predicted molar refractivity (Wildman–Crippen MR) is 111 cm³/mol. The number of furan rings is 1. The maximum Gasteiger partial charge on any atom is 0.321 e. The van der Waals surface area contributed by atoms with Gasteiger partial charge in [0.2, 0.25) is 17.4 Å². The smallest absolute Gasteiger partial charge is 0.321 e. The van der Waals surface area contributed by atoms with E-state index in [1.807, 2.05) is 4.90 Å². The molecule has 160 valence electrons. The number of nitrogens with two attached hydrogens (primary N) is 1. The number of piperidine rings is 2. The molecule has 4 rings (SSSR count). The Hall–Kier alpha value is -3.10. The quantitative estimate of drug-likeness (QED) is 0.801. The molecule has 3 N–H and O–H groups in total. The molecule has 2 aromatic rings. The van der Waals surface area contributed by atoms with Crippen molar-refractivity contribution in [3.05, 3.63) is 23.6 Å². The number of rotatable bonds is 3. The number of primary amides is 1. The van der Waals surface area contributed by atoms with Crippen molar-refractivity contribution >= 4 is 34.6 Å². The van der Waals surface area contributed by atoms with Gasteiger partial charge in [-0.15, -0.1) is 0 Å². The van der Waals surface area contributed by atoms with E-state index in [-0.39, 0.29) is 35.0 Å². The number of hydrogen-bond acceptors (Lipinski definition) is 5. The normalized spacial score (nSPS) is 19.7. The van der Waals surface area contributed by atoms with Crippen LogP contribution in [-0.2, 0) is 4.79 Å². The number of nitrogens with one attached hydrogen (secondary N) is 1. The molecule has 0 aliphatic carbocycles. The van der Waals surface area contributed by atoms with Crippen LogP contribution in [0.2, 0.25) is 0 Å². The van der Waals surface area contributed by atoms with E-state index in [1.165, 1.54) is 0 Å². The summed E-state index contributed by atoms with van der Waals surface area (Å²) in [5.74, 6) is -0.964. The molecule has 0 unspecified atom stereocenters. The highest BCUT2D eigenvalue weighted by Gasteiger charge is 2.32. The van der Waals surface area contributed by atoms with Gasteiger partial charge in [0.05, 0.1) is 11.3 Å². The van der Waals surface area contributed by atoms with Gasteiger partial charge in [0.1, 0.15) is 5.69 Å². The van der Waals surface area contributed by atoms with Gasteiger partial charge >= 0.3 is 6.03 Å². The van der Waals surface area contributed by atoms with E-state index in [9.17, 15) is 14.4 Å². The number of aromatic nitrogens is 1. The average molecular weight is 413 g/mol. The topological polar surface area (TPSA) is 122 Å². The van der Waals surface area contributed by atoms with Crippen molar-refractivity contribution in [2.45, 2.75) is 39.0 Å². The average Bonchev–Trinajstić information content (AvgIpc) is 3.11. The van der Waals surface area contributed by atoms with Gasteiger partial charge in [-0.05, 0) is 51.2 Å². The molecule has 2 aliphatic rings. The third kappa shape index (κ3) is 3.96. The van der Waals surface area contributed by atoms with Crippen LogP contribution in [-0.4, -0.2) is 58.8 Å². The molecule has 2 aromatic heterocycles. The van der Waals surface area contributed by atoms with Crippen LogP contribution in [0.5, 0.6) is 0 Å². The van der Waals surface area contributed by atoms with E-state index in [0.717, 1.165) is 50.9 Å². The Morgan fingerprint density at radius 3 is 2.57 bits per heavy atom. The number of carbonyl (C=O) groups excluding carboxylic acids is 3. The van der Waals surface area contributed by atoms with Crippen LogP contribution >= 0.6 is 0 Å². The second kappa shape index (κ2) is 8.33. The van der Waals surface area contributed by atoms with E-state index in [0.29, 0.717) is 18.5 Å². The van der Waals surface area contributed by atoms with Crippen molar-refractivity contribution in [3.8, 4) is 0 Å². The molecule has 1 atom stereocenters. The summed E-state index contributed by atoms with van der Waals surface area (Å²) in [7, 11) is 0. The minimum absolute atomic E-state index is 0.130. The monoisotopic (exact) mass is 413 g/mol. The maximum atomic E-state index is 13.0. The summed E-state index contributed by atoms with van der Waals surface area (Å²) in [6.45, 7) is 4.32. The molecule has 9 heteroatoms. The van der Waals surface area contributed by atoms with E-state index in [1.54, 1.807) is 24.0 Å². The molecular weight excluding hydrogens is 386 g/mol. The zero-order valence-electron chi connectivity index (χ0n) is 17.1. The number of aryl methyl sites for hydroxylation is 1. The molecule has 2 aliphatic heterocycles. The number of likely N-dealkylation sites (tertiary alicyclic amines) is 2. The lowest BCUT2D eigenvalue weighted by Gasteiger charge is -2.36. The number of carbonyl (C=O) groups is 3. The first-order valence-electron chi connectivity index (χ1n) is 10.5. The number of amides is 4. The van der Waals surface area contributed by atoms with E-state index < -0.39 is 5.91 Å². The molecule has 0 saturated carbocycles. The molecule has 0 spiro atoms. The van der Waals surface area contributed by atoms with Crippen molar-refractivity contribution in [1.29, 1.82) is 0 Å². The number of anilines is 1. The van der Waals surface area contributed by atoms with Gasteiger partial charge in [0, 0.05) is 31.9 Å². The fraction of sp³-hybridized carbons (Fsp3) is 0.524. The Labute approximate surface area is 174 Å². The Bertz CT molecular complexity index is 979. The molecule has 9 nitrogen and oxygen atoms in total. The zero-order chi connectivity index (χ0) is 21.3. The first-order valence-corrected chi connectivity index (χ1v) is 10.5. The Balaban J connectivity index is 1.50. The molecule has 0 aromatic carbocycles. The second-order valence-electron chi connectivity index (χ2n) is 8.08. The minimum atomic E-state index is -0.780. The van der Waals surface area contributed by atoms with Crippen molar-refractivity contribution in [3.63, 3.8) is 0 Å². The first-order chi connectivity index (χ1) is 14.4. The molecule has 4 heterocycles. The lowest BCUT2D eigenvalue weighted by molar-refractivity contribution is -0.137. The predicted octanol–water partition coefficient (Wildman–Crippen LogP) is 2.49. The fourth-order valence-corrected chi connectivity index (χ4v) is 4.29. The summed E-state index contributed by atoms with van der Waals surface area (Å²) in [5.41, 5.74) is 6.63. The van der Waals surface area contributed by atoms with Crippen molar-refractivity contribution < 1.29 is 18.8 Å². The van der Waals surface area contributed by atoms with Crippen LogP contribution in [0.1, 0.15) is 48.4 Å². The summed E-state index contributed by atoms with van der Waals surface area (Å²) >= 11 is 0. The van der Waals surface area contributed by atoms with E-state index in [2.05, 4.69) is 10.3 Å². The molecular formula is C21H27N5O4. The third-order valence-electron chi connectivity index (χ3n) is 5.88. The van der Waals surface area contributed by atoms with Crippen LogP contribution in [0.3, 0.4) is 0 Å². The Kier molecular flexibility index (Phi) is 5.61. The highest BCUT2D eigenvalue weighted by atomic mass is 16.4. The molecule has 2 saturated heterocycles. The Morgan fingerprint density at radius 1 is 1.10 bits per heavy atom. The molecule has 2 fully saturated rings. The number of nitrogens with zero attached hydrogens (tertiary/aromatic N) is 3. The number of hydrogen-bond donors (Lipinski definition) is 2. The van der Waals surface area contributed by atoms with E-state index in [4.69, 9.17) is 10.2 Å². The van der Waals surface area contributed by atoms with Gasteiger partial charge in [-0.2, -0.15) is 0 Å². The van der Waals surface area contributed by atoms with Crippen LogP contribution < -0.4 is 11.1 Å². The van der Waals surface area contributed by atoms with Gasteiger partial charge < -0.3 is 25.3 Å². The van der Waals surface area contributed by atoms with Gasteiger partial charge in [-0.25, -0.2) is 9.78 Å². The fourth-order valence-electron chi connectivity index (χ4n) is 4.29. The number of pyridine rings is 1. The zero-order valence-corrected chi connectivity index (χ0v) is 17.1. The van der Waals surface area contributed by atoms with Crippen LogP contribution in [0, 0.1) is 12.8 Å². The standard InChI is InChI=1S/C21H27N5O4/c1-13-7-8-15-16(17(18(22)27)30-19(15)23-13)24-21(29)26-11-5-6-14(12-26)20(28)25-9-3-2-4-10-25/h7-8,14H,2-6,9-12H2,1H3,(H2,22,27)(H,24,29)/t14-/m1/s1. The third-order valence-corrected chi connectivity index (χ3v) is 5.88. The SMILES string of the molecule is Cc1ccc2c(NC(=O)N3CCC[C@@H](C(=O)N4CCCCC4)C3)c(C(N)=O)oc2n1. The van der Waals surface area contributed by atoms with Crippen molar-refractivity contribution in [2.75, 3.05) is 31.5 Å². The molecule has 4 amide bonds. The van der Waals surface area contributed by atoms with Gasteiger partial charge in [-0.3, -0.25) is 9.59 Å². The Morgan fingerprint density at radius 2 is 1.83 bits per heavy atom. The highest BCUT2D eigenvalue weighted by molar-refractivity contribution is 6.09. The lowest BCUT2D eigenvalue weighted by Crippen LogP contribution is -2.49. The van der Waals surface area contributed by atoms with Gasteiger partial charge in [0.25, 0.3) is 5.91 Å². The summed E-state index contributed by atoms with van der Waals surface area (Å²) in [4.78, 5) is 45.5. The highest BCUT2D eigenvalue weighted by Crippen LogP contribution is 2.31. The molecule has 0 radical (unpaired) electrons. The second-order valence-corrected chi connectivity index (χ2v) is 8.08. The van der Waals surface area contributed by atoms with Crippen LogP contribution in [0.25, 0.3) is 11.1 Å². The summed E-state index contributed by atoms with van der Waals surface area (Å²) in [5, 5.41) is 3.29. The summed E-state index contributed by atoms with van der Waals surface area (Å²) in [6, 6.07) is 3.13. The molecule has 30 heavy (non-hydrogen) atoms. The van der Waals surface area contributed by atoms with Gasteiger partial charge in [0.15, 0.2) is 0 Å². The van der Waals surface area contributed by atoms with Gasteiger partial charge in [-0.1, -0.05) is 0 Å². The lowest BCUT2D eigenvalue weighted by atomic mass is 9.95. The largest absolute Gasteiger partial charge is 0.430 e. The first kappa shape index (κ1) is 20.2. The van der Waals surface area contributed by atoms with Crippen molar-refractivity contribution in [1.82, 2.24) is 14.8 Å². The minimum Gasteiger partial charge on any atom is -0.430 e.